The van der Waals surface area contributed by atoms with Crippen LogP contribution in [0.3, 0.4) is 0 Å². The summed E-state index contributed by atoms with van der Waals surface area (Å²) in [5, 5.41) is 0. The molecule has 0 heterocycles. The van der Waals surface area contributed by atoms with Gasteiger partial charge in [-0.2, -0.15) is 0 Å². The molecule has 0 aromatic heterocycles. The minimum atomic E-state index is 0.503. The second-order valence-electron chi connectivity index (χ2n) is 1.03. The molecule has 0 nitrogen and oxygen atoms in total. The Kier molecular flexibility index (Phi) is 21.6. The van der Waals surface area contributed by atoms with Crippen molar-refractivity contribution in [2.75, 3.05) is 11.8 Å². The third kappa shape index (κ3) is 23.4. The molecule has 0 aliphatic rings. The lowest BCUT2D eigenvalue weighted by Crippen LogP contribution is -1.48. The maximum absolute atomic E-state index is 5.13. The number of hydrogen-bond acceptors (Lipinski definition) is 0. The largest absolute Gasteiger partial charge is 0.122 e. The van der Waals surface area contributed by atoms with Crippen LogP contribution in [-0.4, -0.2) is 11.8 Å². The van der Waals surface area contributed by atoms with Crippen LogP contribution in [-0.2, 0) is 0 Å². The summed E-state index contributed by atoms with van der Waals surface area (Å²) in [7, 11) is 0. The third-order valence-electron chi connectivity index (χ3n) is 0.356. The van der Waals surface area contributed by atoms with Crippen LogP contribution in [0, 0.1) is 0 Å². The van der Waals surface area contributed by atoms with E-state index in [0.717, 1.165) is 0 Å². The molecule has 0 aliphatic carbocycles. The average Bonchev–Trinajstić information content (AvgIpc) is 1.93. The van der Waals surface area contributed by atoms with E-state index >= 15 is 0 Å². The fourth-order valence-corrected chi connectivity index (χ4v) is 0.606. The summed E-state index contributed by atoms with van der Waals surface area (Å²) in [6.07, 6.45) is 3.31. The number of allylic oxidation sites excluding steroid dienone is 2. The fourth-order valence-electron chi connectivity index (χ4n) is 0.0673. The highest BCUT2D eigenvalue weighted by Gasteiger charge is 1.56. The molecule has 60 valence electrons. The van der Waals surface area contributed by atoms with Crippen molar-refractivity contribution < 1.29 is 0 Å². The zero-order valence-electron chi connectivity index (χ0n) is 5.24. The molecule has 0 aromatic rings. The Labute approximate surface area is 81.4 Å². The molecule has 10 heavy (non-hydrogen) atoms. The number of halogens is 4. The molecule has 0 fully saturated rings. The minimum absolute atomic E-state index is 0.503. The first-order valence-corrected chi connectivity index (χ1v) is 4.40. The van der Waals surface area contributed by atoms with E-state index in [1.165, 1.54) is 11.1 Å². The molecule has 0 bridgehead atoms. The molecule has 4 heteroatoms. The number of rotatable bonds is 2. The molecule has 0 saturated carbocycles. The van der Waals surface area contributed by atoms with Gasteiger partial charge in [0.15, 0.2) is 0 Å². The molecule has 0 radical (unpaired) electrons. The van der Waals surface area contributed by atoms with Crippen molar-refractivity contribution in [1.29, 1.82) is 0 Å². The van der Waals surface area contributed by atoms with Crippen molar-refractivity contribution in [3.63, 3.8) is 0 Å². The Bertz CT molecular complexity index is 75.7. The van der Waals surface area contributed by atoms with Gasteiger partial charge in [0, 0.05) is 22.8 Å². The van der Waals surface area contributed by atoms with Gasteiger partial charge in [-0.15, -0.1) is 23.2 Å². The van der Waals surface area contributed by atoms with Gasteiger partial charge >= 0.3 is 0 Å². The lowest BCUT2D eigenvalue weighted by molar-refractivity contribution is 1.79. The Hall–Kier alpha value is 0.640. The predicted octanol–water partition coefficient (Wildman–Crippen LogP) is 3.96. The van der Waals surface area contributed by atoms with Gasteiger partial charge in [-0.1, -0.05) is 35.4 Å². The van der Waals surface area contributed by atoms with E-state index < -0.39 is 0 Å². The van der Waals surface area contributed by atoms with Crippen LogP contribution >= 0.6 is 46.4 Å². The second kappa shape index (κ2) is 16.3. The lowest BCUT2D eigenvalue weighted by atomic mass is 10.8. The summed E-state index contributed by atoms with van der Waals surface area (Å²) in [4.78, 5) is 0. The molecule has 0 aromatic carbocycles. The van der Waals surface area contributed by atoms with E-state index in [4.69, 9.17) is 46.4 Å². The van der Waals surface area contributed by atoms with E-state index in [0.29, 0.717) is 11.8 Å². The molecule has 0 saturated heterocycles. The van der Waals surface area contributed by atoms with Crippen LogP contribution in [0.5, 0.6) is 0 Å². The van der Waals surface area contributed by atoms with Crippen LogP contribution in [0.1, 0.15) is 0 Å². The van der Waals surface area contributed by atoms with E-state index in [-0.39, 0.29) is 0 Å². The summed E-state index contributed by atoms with van der Waals surface area (Å²) in [5.74, 6) is 1.01. The van der Waals surface area contributed by atoms with Crippen molar-refractivity contribution in [1.82, 2.24) is 0 Å². The summed E-state index contributed by atoms with van der Waals surface area (Å²) in [6.45, 7) is 0. The first-order chi connectivity index (χ1) is 4.83. The van der Waals surface area contributed by atoms with Crippen molar-refractivity contribution in [3.05, 3.63) is 23.2 Å². The van der Waals surface area contributed by atoms with E-state index in [1.54, 1.807) is 12.2 Å². The highest BCUT2D eigenvalue weighted by atomic mass is 35.5. The topological polar surface area (TPSA) is 0 Å². The number of alkyl halides is 2. The van der Waals surface area contributed by atoms with Crippen molar-refractivity contribution >= 4 is 46.4 Å². The maximum atomic E-state index is 5.13. The highest BCUT2D eigenvalue weighted by Crippen LogP contribution is 1.79. The van der Waals surface area contributed by atoms with Gasteiger partial charge in [-0.3, -0.25) is 0 Å². The van der Waals surface area contributed by atoms with Crippen LogP contribution in [0.25, 0.3) is 0 Å². The maximum Gasteiger partial charge on any atom is 0.0415 e. The molecule has 0 aliphatic heterocycles. The Balaban J connectivity index is 0. The van der Waals surface area contributed by atoms with Gasteiger partial charge in [0.2, 0.25) is 0 Å². The number of hydrogen-bond donors (Lipinski definition) is 0. The SMILES string of the molecule is Cl/C=C\CCl.ClC=CCCl. The average molecular weight is 222 g/mol. The van der Waals surface area contributed by atoms with E-state index in [2.05, 4.69) is 0 Å². The molecule has 0 unspecified atom stereocenters. The van der Waals surface area contributed by atoms with Gasteiger partial charge in [-0.05, 0) is 0 Å². The summed E-state index contributed by atoms with van der Waals surface area (Å²) >= 11 is 20.3. The third-order valence-corrected chi connectivity index (χ3v) is 1.07. The Morgan fingerprint density at radius 3 is 1.10 bits per heavy atom. The normalized spacial score (nSPS) is 10.0. The minimum Gasteiger partial charge on any atom is -0.122 e. The van der Waals surface area contributed by atoms with E-state index in [1.807, 2.05) is 0 Å². The molecule has 0 rings (SSSR count). The lowest BCUT2D eigenvalue weighted by Gasteiger charge is -1.61. The molecular formula is C6H8Cl4. The standard InChI is InChI=1S/2C3H4Cl2/c2*4-2-1-3-5/h2*1-2H,3H2/b2-1-;. The fraction of sp³-hybridized carbons (Fsp3) is 0.333. The van der Waals surface area contributed by atoms with Gasteiger partial charge in [-0.25, -0.2) is 0 Å². The van der Waals surface area contributed by atoms with E-state index in [9.17, 15) is 0 Å². The highest BCUT2D eigenvalue weighted by molar-refractivity contribution is 6.26. The summed E-state index contributed by atoms with van der Waals surface area (Å²) in [5.41, 5.74) is 2.79. The molecular weight excluding hydrogens is 214 g/mol. The van der Waals surface area contributed by atoms with Crippen molar-refractivity contribution in [2.45, 2.75) is 0 Å². The first-order valence-electron chi connectivity index (χ1n) is 2.45. The molecule has 0 spiro atoms. The molecule has 0 amide bonds. The zero-order valence-corrected chi connectivity index (χ0v) is 8.26. The van der Waals surface area contributed by atoms with Gasteiger partial charge in [0.25, 0.3) is 0 Å². The van der Waals surface area contributed by atoms with Crippen molar-refractivity contribution in [2.24, 2.45) is 0 Å². The van der Waals surface area contributed by atoms with Crippen LogP contribution in [0.15, 0.2) is 23.2 Å². The van der Waals surface area contributed by atoms with Gasteiger partial charge < -0.3 is 0 Å². The summed E-state index contributed by atoms with van der Waals surface area (Å²) in [6, 6.07) is 0. The van der Waals surface area contributed by atoms with Gasteiger partial charge in [0.1, 0.15) is 0 Å². The second-order valence-corrected chi connectivity index (χ2v) is 2.15. The smallest absolute Gasteiger partial charge is 0.0415 e. The van der Waals surface area contributed by atoms with Crippen LogP contribution in [0.2, 0.25) is 0 Å². The molecule has 0 atom stereocenters. The van der Waals surface area contributed by atoms with Gasteiger partial charge in [0.05, 0.1) is 0 Å². The monoisotopic (exact) mass is 220 g/mol. The first kappa shape index (κ1) is 13.2. The van der Waals surface area contributed by atoms with Crippen LogP contribution in [0.4, 0.5) is 0 Å². The van der Waals surface area contributed by atoms with Crippen molar-refractivity contribution in [3.8, 4) is 0 Å². The Morgan fingerprint density at radius 2 is 1.10 bits per heavy atom. The summed E-state index contributed by atoms with van der Waals surface area (Å²) < 4.78 is 0. The predicted molar refractivity (Wildman–Crippen MR) is 51.4 cm³/mol. The zero-order chi connectivity index (χ0) is 8.24. The quantitative estimate of drug-likeness (QED) is 0.620. The Morgan fingerprint density at radius 1 is 0.800 bits per heavy atom. The molecule has 0 N–H and O–H groups in total. The van der Waals surface area contributed by atoms with Crippen LogP contribution < -0.4 is 0 Å².